The minimum atomic E-state index is 0.164. The van der Waals surface area contributed by atoms with E-state index in [9.17, 15) is 0 Å². The second kappa shape index (κ2) is 12.2. The standard InChI is InChI=1S/C13H22O/c1-2-3-4-5-6-7-8-9-10-11-12-13-14/h2,6-7,11-12,14H,1,3-5,8-10,13H2. The summed E-state index contributed by atoms with van der Waals surface area (Å²) in [6.45, 7) is 3.85. The van der Waals surface area contributed by atoms with Crippen LogP contribution in [0.4, 0.5) is 0 Å². The quantitative estimate of drug-likeness (QED) is 0.439. The molecule has 0 spiro atoms. The van der Waals surface area contributed by atoms with Gasteiger partial charge in [-0.2, -0.15) is 0 Å². The topological polar surface area (TPSA) is 20.2 Å². The van der Waals surface area contributed by atoms with E-state index >= 15 is 0 Å². The van der Waals surface area contributed by atoms with Gasteiger partial charge in [-0.05, 0) is 38.5 Å². The first-order valence-electron chi connectivity index (χ1n) is 5.43. The minimum Gasteiger partial charge on any atom is -0.392 e. The van der Waals surface area contributed by atoms with Gasteiger partial charge in [-0.25, -0.2) is 0 Å². The minimum absolute atomic E-state index is 0.164. The maximum Gasteiger partial charge on any atom is 0.0612 e. The van der Waals surface area contributed by atoms with Crippen LogP contribution in [0.15, 0.2) is 37.0 Å². The van der Waals surface area contributed by atoms with Gasteiger partial charge in [-0.3, -0.25) is 0 Å². The molecule has 80 valence electrons. The molecule has 0 aromatic rings. The summed E-state index contributed by atoms with van der Waals surface area (Å²) in [6.07, 6.45) is 17.2. The first kappa shape index (κ1) is 13.2. The Morgan fingerprint density at radius 2 is 1.29 bits per heavy atom. The number of allylic oxidation sites excluding steroid dienone is 4. The van der Waals surface area contributed by atoms with Crippen molar-refractivity contribution in [2.45, 2.75) is 38.5 Å². The molecule has 0 heterocycles. The van der Waals surface area contributed by atoms with Crippen LogP contribution < -0.4 is 0 Å². The number of aliphatic hydroxyl groups excluding tert-OH is 1. The molecule has 14 heavy (non-hydrogen) atoms. The fraction of sp³-hybridized carbons (Fsp3) is 0.538. The van der Waals surface area contributed by atoms with Gasteiger partial charge in [0.2, 0.25) is 0 Å². The van der Waals surface area contributed by atoms with Crippen molar-refractivity contribution in [3.8, 4) is 0 Å². The van der Waals surface area contributed by atoms with E-state index in [1.165, 1.54) is 19.3 Å². The molecule has 1 nitrogen and oxygen atoms in total. The van der Waals surface area contributed by atoms with Crippen LogP contribution in [0.25, 0.3) is 0 Å². The average molecular weight is 194 g/mol. The van der Waals surface area contributed by atoms with Gasteiger partial charge in [-0.1, -0.05) is 30.4 Å². The lowest BCUT2D eigenvalue weighted by Gasteiger charge is -1.91. The SMILES string of the molecule is C=CCCCC=CCCCC=CCO. The summed E-state index contributed by atoms with van der Waals surface area (Å²) in [5, 5.41) is 8.48. The van der Waals surface area contributed by atoms with E-state index < -0.39 is 0 Å². The lowest BCUT2D eigenvalue weighted by molar-refractivity contribution is 0.342. The Balaban J connectivity index is 3.10. The van der Waals surface area contributed by atoms with Crippen molar-refractivity contribution >= 4 is 0 Å². The molecular formula is C13H22O. The maximum absolute atomic E-state index is 8.48. The van der Waals surface area contributed by atoms with Crippen molar-refractivity contribution < 1.29 is 5.11 Å². The second-order valence-corrected chi connectivity index (χ2v) is 3.28. The van der Waals surface area contributed by atoms with E-state index in [-0.39, 0.29) is 6.61 Å². The number of aliphatic hydroxyl groups is 1. The molecule has 0 aliphatic rings. The lowest BCUT2D eigenvalue weighted by atomic mass is 10.2. The Morgan fingerprint density at radius 1 is 0.786 bits per heavy atom. The molecule has 0 bridgehead atoms. The van der Waals surface area contributed by atoms with Crippen molar-refractivity contribution in [1.29, 1.82) is 0 Å². The molecule has 0 rings (SSSR count). The molecule has 0 aliphatic heterocycles. The van der Waals surface area contributed by atoms with Gasteiger partial charge in [0, 0.05) is 0 Å². The smallest absolute Gasteiger partial charge is 0.0612 e. The van der Waals surface area contributed by atoms with E-state index in [1.807, 2.05) is 12.2 Å². The normalized spacial score (nSPS) is 11.5. The number of hydrogen-bond acceptors (Lipinski definition) is 1. The first-order chi connectivity index (χ1) is 6.91. The van der Waals surface area contributed by atoms with Crippen LogP contribution in [0.1, 0.15) is 38.5 Å². The molecule has 1 heteroatoms. The van der Waals surface area contributed by atoms with Crippen molar-refractivity contribution in [2.24, 2.45) is 0 Å². The Labute approximate surface area is 87.8 Å². The van der Waals surface area contributed by atoms with E-state index in [0.717, 1.165) is 19.3 Å². The van der Waals surface area contributed by atoms with Crippen LogP contribution in [-0.2, 0) is 0 Å². The van der Waals surface area contributed by atoms with Crippen molar-refractivity contribution in [3.05, 3.63) is 37.0 Å². The highest BCUT2D eigenvalue weighted by Crippen LogP contribution is 2.01. The summed E-state index contributed by atoms with van der Waals surface area (Å²) >= 11 is 0. The third kappa shape index (κ3) is 11.2. The number of hydrogen-bond donors (Lipinski definition) is 1. The zero-order valence-corrected chi connectivity index (χ0v) is 8.99. The monoisotopic (exact) mass is 194 g/mol. The van der Waals surface area contributed by atoms with Crippen LogP contribution in [0.2, 0.25) is 0 Å². The number of rotatable bonds is 9. The van der Waals surface area contributed by atoms with Gasteiger partial charge in [-0.15, -0.1) is 6.58 Å². The Bertz CT molecular complexity index is 168. The summed E-state index contributed by atoms with van der Waals surface area (Å²) in [5.41, 5.74) is 0. The van der Waals surface area contributed by atoms with E-state index in [2.05, 4.69) is 18.7 Å². The van der Waals surface area contributed by atoms with E-state index in [1.54, 1.807) is 6.08 Å². The Morgan fingerprint density at radius 3 is 1.79 bits per heavy atom. The lowest BCUT2D eigenvalue weighted by Crippen LogP contribution is -1.73. The van der Waals surface area contributed by atoms with Gasteiger partial charge >= 0.3 is 0 Å². The molecule has 0 aliphatic carbocycles. The van der Waals surface area contributed by atoms with Crippen molar-refractivity contribution in [1.82, 2.24) is 0 Å². The van der Waals surface area contributed by atoms with E-state index in [4.69, 9.17) is 5.11 Å². The predicted octanol–water partition coefficient (Wildman–Crippen LogP) is 3.62. The van der Waals surface area contributed by atoms with Crippen LogP contribution in [0.5, 0.6) is 0 Å². The molecule has 0 amide bonds. The molecule has 0 atom stereocenters. The average Bonchev–Trinajstić information content (AvgIpc) is 2.21. The molecule has 1 N–H and O–H groups in total. The molecule has 0 unspecified atom stereocenters. The summed E-state index contributed by atoms with van der Waals surface area (Å²) in [7, 11) is 0. The second-order valence-electron chi connectivity index (χ2n) is 3.28. The van der Waals surface area contributed by atoms with Gasteiger partial charge in [0.05, 0.1) is 6.61 Å². The molecule has 0 saturated heterocycles. The Kier molecular flexibility index (Phi) is 11.5. The van der Waals surface area contributed by atoms with Gasteiger partial charge < -0.3 is 5.11 Å². The first-order valence-corrected chi connectivity index (χ1v) is 5.43. The largest absolute Gasteiger partial charge is 0.392 e. The molecule has 0 radical (unpaired) electrons. The fourth-order valence-corrected chi connectivity index (χ4v) is 1.16. The third-order valence-electron chi connectivity index (χ3n) is 1.96. The van der Waals surface area contributed by atoms with Crippen LogP contribution in [0.3, 0.4) is 0 Å². The summed E-state index contributed by atoms with van der Waals surface area (Å²) in [4.78, 5) is 0. The highest BCUT2D eigenvalue weighted by atomic mass is 16.2. The summed E-state index contributed by atoms with van der Waals surface area (Å²) in [5.74, 6) is 0. The molecular weight excluding hydrogens is 172 g/mol. The molecule has 0 aromatic heterocycles. The summed E-state index contributed by atoms with van der Waals surface area (Å²) < 4.78 is 0. The van der Waals surface area contributed by atoms with Crippen LogP contribution >= 0.6 is 0 Å². The Hall–Kier alpha value is -0.820. The van der Waals surface area contributed by atoms with Gasteiger partial charge in [0.25, 0.3) is 0 Å². The van der Waals surface area contributed by atoms with Gasteiger partial charge in [0.15, 0.2) is 0 Å². The third-order valence-corrected chi connectivity index (χ3v) is 1.96. The maximum atomic E-state index is 8.48. The zero-order valence-electron chi connectivity index (χ0n) is 8.99. The van der Waals surface area contributed by atoms with Crippen LogP contribution in [0, 0.1) is 0 Å². The van der Waals surface area contributed by atoms with E-state index in [0.29, 0.717) is 0 Å². The molecule has 0 saturated carbocycles. The molecule has 0 aromatic carbocycles. The van der Waals surface area contributed by atoms with Crippen LogP contribution in [-0.4, -0.2) is 11.7 Å². The highest BCUT2D eigenvalue weighted by Gasteiger charge is 1.81. The predicted molar refractivity (Wildman–Crippen MR) is 63.3 cm³/mol. The van der Waals surface area contributed by atoms with Crippen molar-refractivity contribution in [2.75, 3.05) is 6.61 Å². The van der Waals surface area contributed by atoms with Crippen molar-refractivity contribution in [3.63, 3.8) is 0 Å². The molecule has 0 fully saturated rings. The summed E-state index contributed by atoms with van der Waals surface area (Å²) in [6, 6.07) is 0. The van der Waals surface area contributed by atoms with Gasteiger partial charge in [0.1, 0.15) is 0 Å². The number of unbranched alkanes of at least 4 members (excludes halogenated alkanes) is 4. The fourth-order valence-electron chi connectivity index (χ4n) is 1.16. The highest BCUT2D eigenvalue weighted by molar-refractivity contribution is 4.85. The zero-order chi connectivity index (χ0) is 10.5.